The fraction of sp³-hybridized carbons (Fsp3) is 0.477. The predicted octanol–water partition coefficient (Wildman–Crippen LogP) is 5.27. The average Bonchev–Trinajstić information content (AvgIpc) is 3.95. The first kappa shape index (κ1) is 47.4. The Balaban J connectivity index is 0.00000265. The molecule has 5 rings (SSSR count). The van der Waals surface area contributed by atoms with Crippen LogP contribution in [0.25, 0.3) is 33.6 Å². The molecule has 1 aliphatic rings. The molecule has 3 heterocycles. The second-order valence-electron chi connectivity index (χ2n) is 14.8. The van der Waals surface area contributed by atoms with Crippen LogP contribution in [0.5, 0.6) is 0 Å². The van der Waals surface area contributed by atoms with Gasteiger partial charge in [-0.15, -0.1) is 0 Å². The number of H-pyrrole nitrogens is 2. The summed E-state index contributed by atoms with van der Waals surface area (Å²) in [5.74, 6) is 0.397. The molecular weight excluding hydrogens is 781 g/mol. The summed E-state index contributed by atoms with van der Waals surface area (Å²) in [5.41, 5.74) is 5.49. The van der Waals surface area contributed by atoms with Gasteiger partial charge in [0.1, 0.15) is 24.2 Å². The first-order valence-corrected chi connectivity index (χ1v) is 20.9. The number of carbonyl (C=O) groups is 5. The fourth-order valence-electron chi connectivity index (χ4n) is 6.64. The third-order valence-corrected chi connectivity index (χ3v) is 9.89. The molecule has 1 fully saturated rings. The van der Waals surface area contributed by atoms with Crippen molar-refractivity contribution < 1.29 is 33.4 Å². The standard InChI is InChI=1S/C41H54N10O7.C3H8/c1-6-16-50(38(53)25-44-40(55)57-4)26-35-42-23-33(45-35)30-12-8-28(9-13-30)29-10-14-31(15-11-29)34-24-43-36(46-34)27-51(17-7-2)39(54)32(47-41(56)58-5)22-37(52)49-20-18-48(3)19-21-49;1-3-2/h8-15,23-24,32H,6-7,16-22,25-27H2,1-5H3,(H,42,45)(H,43,46)(H,44,55)(H,47,56);3H2,1-2H3. The van der Waals surface area contributed by atoms with Gasteiger partial charge in [-0.1, -0.05) is 82.6 Å². The van der Waals surface area contributed by atoms with Crippen molar-refractivity contribution in [1.82, 2.24) is 50.2 Å². The molecule has 0 saturated carbocycles. The molecule has 17 nitrogen and oxygen atoms in total. The van der Waals surface area contributed by atoms with Gasteiger partial charge in [-0.05, 0) is 42.1 Å². The molecule has 4 N–H and O–H groups in total. The second kappa shape index (κ2) is 24.1. The minimum Gasteiger partial charge on any atom is -0.453 e. The minimum absolute atomic E-state index is 0.159. The van der Waals surface area contributed by atoms with Gasteiger partial charge in [0.15, 0.2) is 0 Å². The third kappa shape index (κ3) is 14.2. The number of amides is 5. The Hall–Kier alpha value is -6.23. The summed E-state index contributed by atoms with van der Waals surface area (Å²) in [4.78, 5) is 86.2. The number of methoxy groups -OCH3 is 2. The highest BCUT2D eigenvalue weighted by Crippen LogP contribution is 2.27. The number of alkyl carbamates (subject to hydrolysis) is 2. The van der Waals surface area contributed by atoms with E-state index in [9.17, 15) is 24.0 Å². The van der Waals surface area contributed by atoms with E-state index in [1.807, 2.05) is 69.4 Å². The van der Waals surface area contributed by atoms with Gasteiger partial charge in [0, 0.05) is 39.3 Å². The third-order valence-electron chi connectivity index (χ3n) is 9.89. The molecule has 1 unspecified atom stereocenters. The van der Waals surface area contributed by atoms with E-state index in [2.05, 4.69) is 54.1 Å². The zero-order valence-electron chi connectivity index (χ0n) is 36.6. The molecule has 0 aliphatic carbocycles. The maximum atomic E-state index is 13.8. The summed E-state index contributed by atoms with van der Waals surface area (Å²) >= 11 is 0. The molecule has 5 amide bonds. The molecule has 0 radical (unpaired) electrons. The van der Waals surface area contributed by atoms with Crippen LogP contribution in [0.15, 0.2) is 60.9 Å². The Morgan fingerprint density at radius 1 is 0.705 bits per heavy atom. The molecular formula is C44H62N10O7. The zero-order valence-corrected chi connectivity index (χ0v) is 36.6. The maximum Gasteiger partial charge on any atom is 0.407 e. The van der Waals surface area contributed by atoms with Crippen LogP contribution in [-0.2, 0) is 36.9 Å². The lowest BCUT2D eigenvalue weighted by Crippen LogP contribution is -2.53. The van der Waals surface area contributed by atoms with Crippen molar-refractivity contribution >= 4 is 29.9 Å². The van der Waals surface area contributed by atoms with Crippen molar-refractivity contribution in [2.45, 2.75) is 72.5 Å². The van der Waals surface area contributed by atoms with Crippen LogP contribution in [0, 0.1) is 0 Å². The molecule has 330 valence electrons. The molecule has 0 bridgehead atoms. The first-order valence-electron chi connectivity index (χ1n) is 20.9. The molecule has 61 heavy (non-hydrogen) atoms. The van der Waals surface area contributed by atoms with E-state index >= 15 is 0 Å². The van der Waals surface area contributed by atoms with Crippen LogP contribution in [0.1, 0.15) is 65.0 Å². The monoisotopic (exact) mass is 842 g/mol. The van der Waals surface area contributed by atoms with Gasteiger partial charge in [-0.3, -0.25) is 14.4 Å². The number of nitrogens with zero attached hydrogens (tertiary/aromatic N) is 6. The highest BCUT2D eigenvalue weighted by atomic mass is 16.5. The highest BCUT2D eigenvalue weighted by molar-refractivity contribution is 5.91. The average molecular weight is 843 g/mol. The van der Waals surface area contributed by atoms with E-state index in [4.69, 9.17) is 4.74 Å². The van der Waals surface area contributed by atoms with E-state index < -0.39 is 18.2 Å². The van der Waals surface area contributed by atoms with Gasteiger partial charge in [-0.25, -0.2) is 19.6 Å². The Morgan fingerprint density at radius 3 is 1.64 bits per heavy atom. The summed E-state index contributed by atoms with van der Waals surface area (Å²) in [6.45, 7) is 12.0. The molecule has 0 spiro atoms. The van der Waals surface area contributed by atoms with E-state index in [-0.39, 0.29) is 43.8 Å². The number of aromatic amines is 2. The van der Waals surface area contributed by atoms with Crippen LogP contribution in [0.2, 0.25) is 0 Å². The number of carbonyl (C=O) groups excluding carboxylic acids is 5. The van der Waals surface area contributed by atoms with Crippen LogP contribution < -0.4 is 10.6 Å². The number of aromatic nitrogens is 4. The lowest BCUT2D eigenvalue weighted by Gasteiger charge is -2.34. The van der Waals surface area contributed by atoms with Crippen molar-refractivity contribution in [1.29, 1.82) is 0 Å². The van der Waals surface area contributed by atoms with Crippen LogP contribution >= 0.6 is 0 Å². The van der Waals surface area contributed by atoms with Gasteiger partial charge in [-0.2, -0.15) is 0 Å². The lowest BCUT2D eigenvalue weighted by atomic mass is 10.0. The number of hydrogen-bond donors (Lipinski definition) is 4. The predicted molar refractivity (Wildman–Crippen MR) is 233 cm³/mol. The van der Waals surface area contributed by atoms with Gasteiger partial charge < -0.3 is 49.7 Å². The van der Waals surface area contributed by atoms with Crippen LogP contribution in [0.3, 0.4) is 0 Å². The number of ether oxygens (including phenoxy) is 2. The van der Waals surface area contributed by atoms with Gasteiger partial charge >= 0.3 is 12.2 Å². The normalized spacial score (nSPS) is 13.0. The van der Waals surface area contributed by atoms with Gasteiger partial charge in [0.05, 0.1) is 57.5 Å². The molecule has 1 atom stereocenters. The number of likely N-dealkylation sites (N-methyl/N-ethyl adjacent to an activating group) is 1. The zero-order chi connectivity index (χ0) is 44.3. The van der Waals surface area contributed by atoms with E-state index in [0.717, 1.165) is 53.2 Å². The number of rotatable bonds is 17. The first-order chi connectivity index (χ1) is 29.4. The Morgan fingerprint density at radius 2 is 1.16 bits per heavy atom. The molecule has 1 aliphatic heterocycles. The number of piperazine rings is 1. The fourth-order valence-corrected chi connectivity index (χ4v) is 6.64. The second-order valence-corrected chi connectivity index (χ2v) is 14.8. The summed E-state index contributed by atoms with van der Waals surface area (Å²) in [6, 6.07) is 15.1. The maximum absolute atomic E-state index is 13.8. The van der Waals surface area contributed by atoms with Gasteiger partial charge in [0.2, 0.25) is 17.7 Å². The molecule has 1 saturated heterocycles. The quantitative estimate of drug-likeness (QED) is 0.109. The molecule has 4 aromatic rings. The van der Waals surface area contributed by atoms with E-state index in [1.165, 1.54) is 20.6 Å². The summed E-state index contributed by atoms with van der Waals surface area (Å²) in [7, 11) is 4.47. The van der Waals surface area contributed by atoms with E-state index in [0.29, 0.717) is 44.2 Å². The summed E-state index contributed by atoms with van der Waals surface area (Å²) < 4.78 is 9.34. The smallest absolute Gasteiger partial charge is 0.407 e. The summed E-state index contributed by atoms with van der Waals surface area (Å²) in [6.07, 6.45) is 4.54. The Kier molecular flexibility index (Phi) is 18.8. The van der Waals surface area contributed by atoms with Crippen molar-refractivity contribution in [3.8, 4) is 33.6 Å². The number of nitrogens with one attached hydrogen (secondary N) is 4. The molecule has 2 aromatic heterocycles. The highest BCUT2D eigenvalue weighted by Gasteiger charge is 2.31. The largest absolute Gasteiger partial charge is 0.453 e. The van der Waals surface area contributed by atoms with Crippen LogP contribution in [-0.4, -0.2) is 143 Å². The van der Waals surface area contributed by atoms with Crippen molar-refractivity contribution in [2.24, 2.45) is 0 Å². The molecule has 2 aromatic carbocycles. The molecule has 17 heteroatoms. The van der Waals surface area contributed by atoms with Crippen LogP contribution in [0.4, 0.5) is 9.59 Å². The van der Waals surface area contributed by atoms with E-state index in [1.54, 1.807) is 27.1 Å². The van der Waals surface area contributed by atoms with Gasteiger partial charge in [0.25, 0.3) is 0 Å². The number of hydrogen-bond acceptors (Lipinski definition) is 10. The minimum atomic E-state index is -1.08. The number of imidazole rings is 2. The Labute approximate surface area is 358 Å². The summed E-state index contributed by atoms with van der Waals surface area (Å²) in [5, 5.41) is 5.01. The lowest BCUT2D eigenvalue weighted by molar-refractivity contribution is -0.140. The number of benzene rings is 2. The van der Waals surface area contributed by atoms with Crippen molar-refractivity contribution in [2.75, 3.05) is 67.1 Å². The van der Waals surface area contributed by atoms with Crippen molar-refractivity contribution in [3.63, 3.8) is 0 Å². The topological polar surface area (TPSA) is 198 Å². The van der Waals surface area contributed by atoms with Crippen molar-refractivity contribution in [3.05, 3.63) is 72.6 Å². The SMILES string of the molecule is CCC.CCCN(Cc1ncc(-c2ccc(-c3ccc(-c4cnc(CN(CCC)C(=O)C(CC(=O)N5CCN(C)CC5)NC(=O)OC)[nH]4)cc3)cc2)[nH]1)C(=O)CNC(=O)OC. The Bertz CT molecular complexity index is 2010.